The Labute approximate surface area is 190 Å². The highest BCUT2D eigenvalue weighted by Gasteiger charge is 2.22. The zero-order chi connectivity index (χ0) is 22.3. The fourth-order valence-electron chi connectivity index (χ4n) is 4.42. The minimum atomic E-state index is 0.249. The van der Waals surface area contributed by atoms with E-state index in [0.29, 0.717) is 25.3 Å². The van der Waals surface area contributed by atoms with Gasteiger partial charge in [0.2, 0.25) is 5.91 Å². The molecule has 4 rings (SSSR count). The molecule has 7 nitrogen and oxygen atoms in total. The molecule has 2 aliphatic heterocycles. The summed E-state index contributed by atoms with van der Waals surface area (Å²) < 4.78 is 0. The molecular formula is C25H33N5O2. The monoisotopic (exact) mass is 435 g/mol. The van der Waals surface area contributed by atoms with Crippen molar-refractivity contribution >= 4 is 17.6 Å². The molecule has 2 aromatic carbocycles. The standard InChI is InChI=1S/C25H33N5O2/c1-2-26-25(29-16-14-28(15-17-29)22-10-5-6-11-23(22)31)27-18-20-8-3-4-9-21(20)19-30-13-7-12-24(30)32/h3-6,8-11,31H,2,7,12-19H2,1H3,(H,26,27). The van der Waals surface area contributed by atoms with Gasteiger partial charge in [0.25, 0.3) is 0 Å². The minimum absolute atomic E-state index is 0.249. The largest absolute Gasteiger partial charge is 0.506 e. The molecular weight excluding hydrogens is 402 g/mol. The number of phenols is 1. The molecule has 0 bridgehead atoms. The highest BCUT2D eigenvalue weighted by molar-refractivity contribution is 5.80. The number of rotatable bonds is 6. The molecule has 0 saturated carbocycles. The molecule has 0 unspecified atom stereocenters. The molecule has 0 atom stereocenters. The van der Waals surface area contributed by atoms with Crippen LogP contribution in [0.4, 0.5) is 5.69 Å². The summed E-state index contributed by atoms with van der Waals surface area (Å²) in [4.78, 5) is 23.5. The Bertz CT molecular complexity index is 953. The third-order valence-electron chi connectivity index (χ3n) is 6.19. The predicted octanol–water partition coefficient (Wildman–Crippen LogP) is 2.80. The number of aliphatic imine (C=N–C) groups is 1. The molecule has 170 valence electrons. The van der Waals surface area contributed by atoms with Crippen LogP contribution in [0.5, 0.6) is 5.75 Å². The van der Waals surface area contributed by atoms with Gasteiger partial charge in [-0.3, -0.25) is 4.79 Å². The molecule has 0 radical (unpaired) electrons. The maximum atomic E-state index is 12.1. The Morgan fingerprint density at radius 2 is 1.72 bits per heavy atom. The van der Waals surface area contributed by atoms with E-state index in [1.165, 1.54) is 5.56 Å². The maximum Gasteiger partial charge on any atom is 0.222 e. The number of hydrogen-bond donors (Lipinski definition) is 2. The smallest absolute Gasteiger partial charge is 0.222 e. The lowest BCUT2D eigenvalue weighted by atomic mass is 10.1. The molecule has 32 heavy (non-hydrogen) atoms. The molecule has 2 aromatic rings. The number of benzene rings is 2. The van der Waals surface area contributed by atoms with Gasteiger partial charge in [0, 0.05) is 52.2 Å². The second-order valence-corrected chi connectivity index (χ2v) is 8.32. The number of phenolic OH excluding ortho intramolecular Hbond substituents is 1. The fourth-order valence-corrected chi connectivity index (χ4v) is 4.42. The van der Waals surface area contributed by atoms with Crippen LogP contribution in [0.3, 0.4) is 0 Å². The molecule has 0 aromatic heterocycles. The third-order valence-corrected chi connectivity index (χ3v) is 6.19. The fraction of sp³-hybridized carbons (Fsp3) is 0.440. The first-order chi connectivity index (χ1) is 15.7. The van der Waals surface area contributed by atoms with Crippen LogP contribution >= 0.6 is 0 Å². The molecule has 2 aliphatic rings. The van der Waals surface area contributed by atoms with Crippen LogP contribution in [0.15, 0.2) is 53.5 Å². The Balaban J connectivity index is 1.42. The van der Waals surface area contributed by atoms with Gasteiger partial charge in [-0.2, -0.15) is 0 Å². The number of carbonyl (C=O) groups is 1. The Morgan fingerprint density at radius 3 is 2.41 bits per heavy atom. The average molecular weight is 436 g/mol. The predicted molar refractivity (Wildman–Crippen MR) is 128 cm³/mol. The van der Waals surface area contributed by atoms with Gasteiger partial charge < -0.3 is 25.1 Å². The van der Waals surface area contributed by atoms with Gasteiger partial charge in [0.05, 0.1) is 12.2 Å². The summed E-state index contributed by atoms with van der Waals surface area (Å²) in [7, 11) is 0. The summed E-state index contributed by atoms with van der Waals surface area (Å²) in [6.45, 7) is 8.32. The van der Waals surface area contributed by atoms with Gasteiger partial charge in [-0.05, 0) is 36.6 Å². The zero-order valence-corrected chi connectivity index (χ0v) is 18.8. The first kappa shape index (κ1) is 22.0. The number of piperazine rings is 1. The van der Waals surface area contributed by atoms with E-state index in [0.717, 1.165) is 62.9 Å². The summed E-state index contributed by atoms with van der Waals surface area (Å²) in [6, 6.07) is 15.8. The van der Waals surface area contributed by atoms with Crippen molar-refractivity contribution in [2.75, 3.05) is 44.2 Å². The van der Waals surface area contributed by atoms with Gasteiger partial charge in [-0.25, -0.2) is 4.99 Å². The van der Waals surface area contributed by atoms with E-state index in [4.69, 9.17) is 4.99 Å². The number of anilines is 1. The lowest BCUT2D eigenvalue weighted by Crippen LogP contribution is -2.52. The Hall–Kier alpha value is -3.22. The van der Waals surface area contributed by atoms with Crippen LogP contribution in [0.25, 0.3) is 0 Å². The van der Waals surface area contributed by atoms with Crippen LogP contribution in [0, 0.1) is 0 Å². The number of aromatic hydroxyl groups is 1. The highest BCUT2D eigenvalue weighted by Crippen LogP contribution is 2.27. The molecule has 0 spiro atoms. The quantitative estimate of drug-likeness (QED) is 0.539. The van der Waals surface area contributed by atoms with Crippen molar-refractivity contribution < 1.29 is 9.90 Å². The molecule has 2 heterocycles. The van der Waals surface area contributed by atoms with Gasteiger partial charge in [0.15, 0.2) is 5.96 Å². The summed E-state index contributed by atoms with van der Waals surface area (Å²) >= 11 is 0. The van der Waals surface area contributed by atoms with Crippen molar-refractivity contribution in [1.29, 1.82) is 0 Å². The van der Waals surface area contributed by atoms with Crippen LogP contribution in [-0.4, -0.2) is 66.0 Å². The van der Waals surface area contributed by atoms with Crippen molar-refractivity contribution in [3.63, 3.8) is 0 Å². The van der Waals surface area contributed by atoms with Crippen molar-refractivity contribution in [2.45, 2.75) is 32.9 Å². The molecule has 0 aliphatic carbocycles. The summed E-state index contributed by atoms with van der Waals surface area (Å²) in [5, 5.41) is 13.6. The van der Waals surface area contributed by atoms with E-state index in [-0.39, 0.29) is 5.91 Å². The molecule has 2 N–H and O–H groups in total. The van der Waals surface area contributed by atoms with Crippen molar-refractivity contribution in [3.8, 4) is 5.75 Å². The van der Waals surface area contributed by atoms with Crippen LogP contribution < -0.4 is 10.2 Å². The number of amides is 1. The van der Waals surface area contributed by atoms with E-state index in [1.807, 2.05) is 35.2 Å². The summed E-state index contributed by atoms with van der Waals surface area (Å²) in [6.07, 6.45) is 1.62. The maximum absolute atomic E-state index is 12.1. The number of likely N-dealkylation sites (tertiary alicyclic amines) is 1. The van der Waals surface area contributed by atoms with Gasteiger partial charge in [-0.15, -0.1) is 0 Å². The van der Waals surface area contributed by atoms with E-state index in [2.05, 4.69) is 34.2 Å². The highest BCUT2D eigenvalue weighted by atomic mass is 16.3. The van der Waals surface area contributed by atoms with Gasteiger partial charge in [0.1, 0.15) is 5.75 Å². The summed E-state index contributed by atoms with van der Waals surface area (Å²) in [5.41, 5.74) is 3.22. The summed E-state index contributed by atoms with van der Waals surface area (Å²) in [5.74, 6) is 1.49. The van der Waals surface area contributed by atoms with Gasteiger partial charge >= 0.3 is 0 Å². The SMILES string of the molecule is CCNC(=NCc1ccccc1CN1CCCC1=O)N1CCN(c2ccccc2O)CC1. The van der Waals surface area contributed by atoms with Crippen molar-refractivity contribution in [1.82, 2.24) is 15.1 Å². The first-order valence-corrected chi connectivity index (χ1v) is 11.6. The van der Waals surface area contributed by atoms with Crippen LogP contribution in [-0.2, 0) is 17.9 Å². The number of hydrogen-bond acceptors (Lipinski definition) is 4. The van der Waals surface area contributed by atoms with Crippen LogP contribution in [0.1, 0.15) is 30.9 Å². The first-order valence-electron chi connectivity index (χ1n) is 11.6. The topological polar surface area (TPSA) is 71.4 Å². The van der Waals surface area contributed by atoms with E-state index in [9.17, 15) is 9.90 Å². The number of nitrogens with zero attached hydrogens (tertiary/aromatic N) is 4. The number of para-hydroxylation sites is 2. The number of carbonyl (C=O) groups excluding carboxylic acids is 1. The van der Waals surface area contributed by atoms with E-state index in [1.54, 1.807) is 6.07 Å². The third kappa shape index (κ3) is 5.15. The second kappa shape index (κ2) is 10.4. The molecule has 7 heteroatoms. The minimum Gasteiger partial charge on any atom is -0.506 e. The number of nitrogens with one attached hydrogen (secondary N) is 1. The average Bonchev–Trinajstić information content (AvgIpc) is 3.22. The molecule has 1 amide bonds. The Morgan fingerprint density at radius 1 is 1.00 bits per heavy atom. The van der Waals surface area contributed by atoms with E-state index >= 15 is 0 Å². The van der Waals surface area contributed by atoms with Gasteiger partial charge in [-0.1, -0.05) is 36.4 Å². The Kier molecular flexibility index (Phi) is 7.14. The van der Waals surface area contributed by atoms with Crippen molar-refractivity contribution in [2.24, 2.45) is 4.99 Å². The molecule has 2 fully saturated rings. The van der Waals surface area contributed by atoms with Crippen molar-refractivity contribution in [3.05, 3.63) is 59.7 Å². The lowest BCUT2D eigenvalue weighted by Gasteiger charge is -2.37. The lowest BCUT2D eigenvalue weighted by molar-refractivity contribution is -0.128. The number of guanidine groups is 1. The zero-order valence-electron chi connectivity index (χ0n) is 18.8. The molecule has 2 saturated heterocycles. The van der Waals surface area contributed by atoms with E-state index < -0.39 is 0 Å². The van der Waals surface area contributed by atoms with Crippen LogP contribution in [0.2, 0.25) is 0 Å². The normalized spacial score (nSPS) is 17.2. The second-order valence-electron chi connectivity index (χ2n) is 8.32.